The van der Waals surface area contributed by atoms with Crippen LogP contribution in [0.4, 0.5) is 5.69 Å². The second kappa shape index (κ2) is 5.21. The van der Waals surface area contributed by atoms with E-state index in [9.17, 15) is 13.2 Å². The van der Waals surface area contributed by atoms with Gasteiger partial charge >= 0.3 is 34.9 Å². The SMILES string of the molecule is CC(=O)OS(=O)(=O)c1ccc(N)cc1.[H-].[Li+]. The second-order valence-electron chi connectivity index (χ2n) is 2.60. The minimum atomic E-state index is -3.98. The minimum absolute atomic E-state index is 0. The first kappa shape index (κ1) is 14.0. The first-order valence-corrected chi connectivity index (χ1v) is 5.13. The van der Waals surface area contributed by atoms with Gasteiger partial charge in [0.15, 0.2) is 0 Å². The van der Waals surface area contributed by atoms with Gasteiger partial charge in [-0.15, -0.1) is 0 Å². The van der Waals surface area contributed by atoms with Crippen molar-refractivity contribution in [2.45, 2.75) is 11.8 Å². The van der Waals surface area contributed by atoms with Gasteiger partial charge in [-0.1, -0.05) is 0 Å². The van der Waals surface area contributed by atoms with Crippen LogP contribution in [-0.2, 0) is 19.1 Å². The number of carbonyl (C=O) groups is 1. The third-order valence-corrected chi connectivity index (χ3v) is 2.70. The average molecular weight is 223 g/mol. The molecular weight excluding hydrogens is 213 g/mol. The van der Waals surface area contributed by atoms with Gasteiger partial charge in [-0.05, 0) is 24.3 Å². The molecule has 0 aromatic heterocycles. The van der Waals surface area contributed by atoms with Crippen LogP contribution in [0.25, 0.3) is 0 Å². The van der Waals surface area contributed by atoms with Crippen LogP contribution in [0.3, 0.4) is 0 Å². The van der Waals surface area contributed by atoms with Crippen molar-refractivity contribution in [3.8, 4) is 0 Å². The topological polar surface area (TPSA) is 86.5 Å². The van der Waals surface area contributed by atoms with Crippen molar-refractivity contribution < 1.29 is 37.7 Å². The molecular formula is C8H10LiNO4S. The Morgan fingerprint density at radius 3 is 2.20 bits per heavy atom. The molecule has 0 heterocycles. The van der Waals surface area contributed by atoms with E-state index in [1.807, 2.05) is 0 Å². The van der Waals surface area contributed by atoms with Crippen molar-refractivity contribution in [3.63, 3.8) is 0 Å². The summed E-state index contributed by atoms with van der Waals surface area (Å²) in [7, 11) is -3.98. The van der Waals surface area contributed by atoms with Crippen molar-refractivity contribution in [2.24, 2.45) is 0 Å². The summed E-state index contributed by atoms with van der Waals surface area (Å²) in [5.41, 5.74) is 5.81. The number of rotatable bonds is 2. The Morgan fingerprint density at radius 1 is 1.33 bits per heavy atom. The molecule has 15 heavy (non-hydrogen) atoms. The number of benzene rings is 1. The maximum atomic E-state index is 11.3. The molecule has 0 amide bonds. The molecule has 0 saturated heterocycles. The standard InChI is InChI=1S/C8H9NO4S.Li.H/c1-6(10)13-14(11,12)8-4-2-7(9)3-5-8;;/h2-5H,9H2,1H3;;/q;+1;-1. The van der Waals surface area contributed by atoms with Crippen molar-refractivity contribution in [1.82, 2.24) is 0 Å². The van der Waals surface area contributed by atoms with Crippen LogP contribution in [0.15, 0.2) is 29.2 Å². The van der Waals surface area contributed by atoms with Crippen molar-refractivity contribution in [3.05, 3.63) is 24.3 Å². The molecule has 2 N–H and O–H groups in total. The van der Waals surface area contributed by atoms with Gasteiger partial charge in [0, 0.05) is 12.6 Å². The number of hydrogen-bond acceptors (Lipinski definition) is 5. The third-order valence-electron chi connectivity index (χ3n) is 1.40. The predicted molar refractivity (Wildman–Crippen MR) is 50.9 cm³/mol. The summed E-state index contributed by atoms with van der Waals surface area (Å²) in [4.78, 5) is 10.4. The zero-order valence-electron chi connectivity index (χ0n) is 9.43. The number of nitrogen functional groups attached to an aromatic ring is 1. The van der Waals surface area contributed by atoms with Gasteiger partial charge in [0.2, 0.25) is 0 Å². The summed E-state index contributed by atoms with van der Waals surface area (Å²) in [6, 6.07) is 5.37. The molecule has 0 aliphatic rings. The zero-order valence-corrected chi connectivity index (χ0v) is 9.24. The van der Waals surface area contributed by atoms with Gasteiger partial charge in [-0.3, -0.25) is 4.79 Å². The molecule has 0 aliphatic heterocycles. The molecule has 0 unspecified atom stereocenters. The van der Waals surface area contributed by atoms with Crippen molar-refractivity contribution in [1.29, 1.82) is 0 Å². The monoisotopic (exact) mass is 223 g/mol. The van der Waals surface area contributed by atoms with Crippen LogP contribution >= 0.6 is 0 Å². The van der Waals surface area contributed by atoms with E-state index >= 15 is 0 Å². The van der Waals surface area contributed by atoms with E-state index in [0.717, 1.165) is 6.92 Å². The fourth-order valence-electron chi connectivity index (χ4n) is 0.837. The summed E-state index contributed by atoms with van der Waals surface area (Å²) in [5.74, 6) is -0.873. The Hall–Kier alpha value is -0.963. The third kappa shape index (κ3) is 3.96. The second-order valence-corrected chi connectivity index (χ2v) is 4.14. The van der Waals surface area contributed by atoms with Gasteiger partial charge in [0.25, 0.3) is 0 Å². The quantitative estimate of drug-likeness (QED) is 0.344. The summed E-state index contributed by atoms with van der Waals surface area (Å²) < 4.78 is 26.7. The van der Waals surface area contributed by atoms with Gasteiger partial charge < -0.3 is 11.3 Å². The summed E-state index contributed by atoms with van der Waals surface area (Å²) in [6.07, 6.45) is 0. The summed E-state index contributed by atoms with van der Waals surface area (Å²) in [5, 5.41) is 0. The molecule has 0 aliphatic carbocycles. The molecule has 0 saturated carbocycles. The summed E-state index contributed by atoms with van der Waals surface area (Å²) >= 11 is 0. The molecule has 1 aromatic rings. The maximum absolute atomic E-state index is 11.3. The van der Waals surface area contributed by atoms with Crippen molar-refractivity contribution >= 4 is 21.8 Å². The molecule has 1 aromatic carbocycles. The minimum Gasteiger partial charge on any atom is -1.00 e. The van der Waals surface area contributed by atoms with Crippen LogP contribution < -0.4 is 24.6 Å². The Balaban J connectivity index is 0. The molecule has 1 rings (SSSR count). The molecule has 0 spiro atoms. The van der Waals surface area contributed by atoms with E-state index in [-0.39, 0.29) is 25.2 Å². The molecule has 78 valence electrons. The normalized spacial score (nSPS) is 10.2. The zero-order chi connectivity index (χ0) is 10.8. The maximum Gasteiger partial charge on any atom is 1.00 e. The van der Waals surface area contributed by atoms with E-state index in [0.29, 0.717) is 5.69 Å². The summed E-state index contributed by atoms with van der Waals surface area (Å²) in [6.45, 7) is 1.02. The Morgan fingerprint density at radius 2 is 1.80 bits per heavy atom. The van der Waals surface area contributed by atoms with Crippen LogP contribution in [0.5, 0.6) is 0 Å². The molecule has 0 bridgehead atoms. The fraction of sp³-hybridized carbons (Fsp3) is 0.125. The van der Waals surface area contributed by atoms with E-state index in [1.54, 1.807) is 0 Å². The molecule has 0 radical (unpaired) electrons. The number of nitrogens with two attached hydrogens (primary N) is 1. The number of hydrogen-bond donors (Lipinski definition) is 1. The first-order chi connectivity index (χ1) is 6.42. The Bertz CT molecular complexity index is 446. The molecule has 7 heteroatoms. The van der Waals surface area contributed by atoms with Crippen LogP contribution in [0, 0.1) is 0 Å². The fourth-order valence-corrected chi connectivity index (χ4v) is 1.71. The van der Waals surface area contributed by atoms with Gasteiger partial charge in [0.1, 0.15) is 4.90 Å². The van der Waals surface area contributed by atoms with Gasteiger partial charge in [-0.2, -0.15) is 8.42 Å². The van der Waals surface area contributed by atoms with E-state index in [1.165, 1.54) is 24.3 Å². The molecule has 0 atom stereocenters. The van der Waals surface area contributed by atoms with Crippen LogP contribution in [-0.4, -0.2) is 14.4 Å². The van der Waals surface area contributed by atoms with Gasteiger partial charge in [0.05, 0.1) is 0 Å². The number of anilines is 1. The Labute approximate surface area is 101 Å². The molecule has 0 fully saturated rings. The van der Waals surface area contributed by atoms with E-state index in [4.69, 9.17) is 5.73 Å². The smallest absolute Gasteiger partial charge is 1.00 e. The van der Waals surface area contributed by atoms with Crippen LogP contribution in [0.1, 0.15) is 8.35 Å². The van der Waals surface area contributed by atoms with Gasteiger partial charge in [-0.25, -0.2) is 0 Å². The number of carbonyl (C=O) groups excluding carboxylic acids is 1. The van der Waals surface area contributed by atoms with Crippen LogP contribution in [0.2, 0.25) is 0 Å². The predicted octanol–water partition coefficient (Wildman–Crippen LogP) is -2.36. The Kier molecular flexibility index (Phi) is 4.88. The first-order valence-electron chi connectivity index (χ1n) is 3.72. The molecule has 5 nitrogen and oxygen atoms in total. The van der Waals surface area contributed by atoms with E-state index < -0.39 is 16.1 Å². The van der Waals surface area contributed by atoms with E-state index in [2.05, 4.69) is 4.18 Å². The largest absolute Gasteiger partial charge is 1.00 e. The van der Waals surface area contributed by atoms with Crippen molar-refractivity contribution in [2.75, 3.05) is 5.73 Å². The average Bonchev–Trinajstić information content (AvgIpc) is 2.02.